The second-order valence-electron chi connectivity index (χ2n) is 5.32. The van der Waals surface area contributed by atoms with E-state index in [0.29, 0.717) is 19.6 Å². The number of nitriles is 1. The van der Waals surface area contributed by atoms with Crippen molar-refractivity contribution in [3.63, 3.8) is 0 Å². The molecule has 0 heterocycles. The van der Waals surface area contributed by atoms with Crippen LogP contribution in [0.4, 0.5) is 0 Å². The zero-order valence-corrected chi connectivity index (χ0v) is 14.1. The van der Waals surface area contributed by atoms with Crippen molar-refractivity contribution in [2.75, 3.05) is 20.3 Å². The molecule has 0 spiro atoms. The maximum Gasteiger partial charge on any atom is 0.234 e. The summed E-state index contributed by atoms with van der Waals surface area (Å²) >= 11 is 0. The van der Waals surface area contributed by atoms with Crippen LogP contribution in [-0.2, 0) is 11.2 Å². The van der Waals surface area contributed by atoms with Gasteiger partial charge in [-0.05, 0) is 24.5 Å². The highest BCUT2D eigenvalue weighted by Crippen LogP contribution is 2.25. The van der Waals surface area contributed by atoms with E-state index in [2.05, 4.69) is 12.2 Å². The van der Waals surface area contributed by atoms with Crippen molar-refractivity contribution >= 4 is 5.91 Å². The van der Waals surface area contributed by atoms with Gasteiger partial charge in [-0.1, -0.05) is 32.3 Å². The van der Waals surface area contributed by atoms with Gasteiger partial charge in [0, 0.05) is 12.6 Å². The Morgan fingerprint density at radius 3 is 2.83 bits per heavy atom. The molecule has 0 saturated heterocycles. The smallest absolute Gasteiger partial charge is 0.234 e. The quantitative estimate of drug-likeness (QED) is 0.636. The van der Waals surface area contributed by atoms with E-state index in [1.807, 2.05) is 24.3 Å². The summed E-state index contributed by atoms with van der Waals surface area (Å²) in [7, 11) is 1.63. The number of benzene rings is 1. The lowest BCUT2D eigenvalue weighted by molar-refractivity contribution is -0.120. The summed E-state index contributed by atoms with van der Waals surface area (Å²) in [6, 6.07) is 7.56. The Hall–Kier alpha value is -2.22. The van der Waals surface area contributed by atoms with Gasteiger partial charge in [-0.25, -0.2) is 0 Å². The van der Waals surface area contributed by atoms with Crippen LogP contribution >= 0.6 is 0 Å². The van der Waals surface area contributed by atoms with Gasteiger partial charge < -0.3 is 14.8 Å². The van der Waals surface area contributed by atoms with Gasteiger partial charge in [0.25, 0.3) is 0 Å². The lowest BCUT2D eigenvalue weighted by Crippen LogP contribution is -2.25. The van der Waals surface area contributed by atoms with Crippen LogP contribution in [0.15, 0.2) is 18.2 Å². The predicted molar refractivity (Wildman–Crippen MR) is 89.6 cm³/mol. The van der Waals surface area contributed by atoms with Gasteiger partial charge >= 0.3 is 0 Å². The molecule has 23 heavy (non-hydrogen) atoms. The Kier molecular flexibility index (Phi) is 9.30. The average Bonchev–Trinajstić information content (AvgIpc) is 2.56. The third-order valence-electron chi connectivity index (χ3n) is 3.49. The molecule has 1 aromatic carbocycles. The maximum atomic E-state index is 11.3. The number of rotatable bonds is 11. The molecule has 0 aliphatic rings. The van der Waals surface area contributed by atoms with Crippen LogP contribution < -0.4 is 14.8 Å². The highest BCUT2D eigenvalue weighted by atomic mass is 16.5. The molecular formula is C18H26N2O3. The zero-order chi connectivity index (χ0) is 16.9. The number of unbranched alkanes of at least 4 members (excludes halogenated alkanes) is 3. The highest BCUT2D eigenvalue weighted by Gasteiger charge is 2.07. The maximum absolute atomic E-state index is 11.3. The van der Waals surface area contributed by atoms with E-state index in [1.165, 1.54) is 19.3 Å². The molecule has 1 N–H and O–H groups in total. The summed E-state index contributed by atoms with van der Waals surface area (Å²) in [5.41, 5.74) is 1.03. The number of ether oxygens (including phenoxy) is 2. The minimum absolute atomic E-state index is 0.108. The van der Waals surface area contributed by atoms with Gasteiger partial charge in [0.15, 0.2) is 0 Å². The van der Waals surface area contributed by atoms with E-state index >= 15 is 0 Å². The molecule has 0 aliphatic heterocycles. The van der Waals surface area contributed by atoms with E-state index in [-0.39, 0.29) is 12.3 Å². The van der Waals surface area contributed by atoms with E-state index in [1.54, 1.807) is 7.11 Å². The molecule has 0 atom stereocenters. The van der Waals surface area contributed by atoms with Crippen LogP contribution in [0.3, 0.4) is 0 Å². The normalized spacial score (nSPS) is 9.96. The molecule has 5 heteroatoms. The Morgan fingerprint density at radius 2 is 2.13 bits per heavy atom. The first-order valence-electron chi connectivity index (χ1n) is 8.14. The number of nitrogens with one attached hydrogen (secondary N) is 1. The fourth-order valence-corrected chi connectivity index (χ4v) is 2.18. The molecule has 1 rings (SSSR count). The summed E-state index contributed by atoms with van der Waals surface area (Å²) in [6.07, 6.45) is 5.17. The fourth-order valence-electron chi connectivity index (χ4n) is 2.18. The zero-order valence-electron chi connectivity index (χ0n) is 14.1. The number of amides is 1. The van der Waals surface area contributed by atoms with E-state index < -0.39 is 0 Å². The number of hydrogen-bond donors (Lipinski definition) is 1. The Balaban J connectivity index is 2.55. The third-order valence-corrected chi connectivity index (χ3v) is 3.49. The first-order valence-corrected chi connectivity index (χ1v) is 8.14. The molecule has 0 radical (unpaired) electrons. The summed E-state index contributed by atoms with van der Waals surface area (Å²) < 4.78 is 11.1. The molecule has 0 aromatic heterocycles. The Bertz CT molecular complexity index is 523. The van der Waals surface area contributed by atoms with Crippen molar-refractivity contribution in [2.24, 2.45) is 0 Å². The number of methoxy groups -OCH3 is 1. The summed E-state index contributed by atoms with van der Waals surface area (Å²) in [5, 5.41) is 11.2. The first kappa shape index (κ1) is 18.8. The number of carbonyl (C=O) groups excluding carboxylic acids is 1. The summed E-state index contributed by atoms with van der Waals surface area (Å²) in [5.74, 6) is 1.31. The van der Waals surface area contributed by atoms with Crippen LogP contribution in [0.5, 0.6) is 11.5 Å². The predicted octanol–water partition coefficient (Wildman–Crippen LogP) is 3.23. The minimum Gasteiger partial charge on any atom is -0.497 e. The van der Waals surface area contributed by atoms with Crippen molar-refractivity contribution in [2.45, 2.75) is 45.4 Å². The largest absolute Gasteiger partial charge is 0.497 e. The van der Waals surface area contributed by atoms with Crippen LogP contribution in [0, 0.1) is 11.3 Å². The van der Waals surface area contributed by atoms with Crippen LogP contribution in [0.1, 0.15) is 44.6 Å². The van der Waals surface area contributed by atoms with Gasteiger partial charge in [0.05, 0.1) is 19.8 Å². The van der Waals surface area contributed by atoms with Gasteiger partial charge in [0.1, 0.15) is 17.9 Å². The van der Waals surface area contributed by atoms with Gasteiger partial charge in [0.2, 0.25) is 5.91 Å². The van der Waals surface area contributed by atoms with Gasteiger partial charge in [-0.2, -0.15) is 5.26 Å². The molecule has 0 fully saturated rings. The van der Waals surface area contributed by atoms with E-state index in [4.69, 9.17) is 14.7 Å². The number of nitrogens with zero attached hydrogens (tertiary/aromatic N) is 1. The lowest BCUT2D eigenvalue weighted by Gasteiger charge is -2.13. The lowest BCUT2D eigenvalue weighted by atomic mass is 10.1. The molecule has 0 unspecified atom stereocenters. The highest BCUT2D eigenvalue weighted by molar-refractivity contribution is 5.77. The topological polar surface area (TPSA) is 71.3 Å². The van der Waals surface area contributed by atoms with Gasteiger partial charge in [-0.3, -0.25) is 4.79 Å². The monoisotopic (exact) mass is 318 g/mol. The van der Waals surface area contributed by atoms with Crippen LogP contribution in [0.2, 0.25) is 0 Å². The minimum atomic E-state index is -0.247. The summed E-state index contributed by atoms with van der Waals surface area (Å²) in [6.45, 7) is 3.35. The second kappa shape index (κ2) is 11.4. The fraction of sp³-hybridized carbons (Fsp3) is 0.556. The molecule has 0 saturated carbocycles. The van der Waals surface area contributed by atoms with Crippen molar-refractivity contribution in [3.05, 3.63) is 23.8 Å². The Morgan fingerprint density at radius 1 is 1.30 bits per heavy atom. The SMILES string of the molecule is CCCCCCOc1cc(OC)ccc1CCNC(=O)CC#N. The average molecular weight is 318 g/mol. The molecular weight excluding hydrogens is 292 g/mol. The molecule has 0 bridgehead atoms. The van der Waals surface area contributed by atoms with Gasteiger partial charge in [-0.15, -0.1) is 0 Å². The number of hydrogen-bond acceptors (Lipinski definition) is 4. The Labute approximate surface area is 138 Å². The van der Waals surface area contributed by atoms with Crippen molar-refractivity contribution in [1.82, 2.24) is 5.32 Å². The molecule has 0 aliphatic carbocycles. The van der Waals surface area contributed by atoms with Crippen molar-refractivity contribution in [3.8, 4) is 17.6 Å². The van der Waals surface area contributed by atoms with E-state index in [0.717, 1.165) is 23.5 Å². The standard InChI is InChI=1S/C18H26N2O3/c1-3-4-5-6-13-23-17-14-16(22-2)8-7-15(17)10-12-20-18(21)9-11-19/h7-8,14H,3-6,9-10,12-13H2,1-2H3,(H,20,21). The van der Waals surface area contributed by atoms with E-state index in [9.17, 15) is 4.79 Å². The molecule has 126 valence electrons. The van der Waals surface area contributed by atoms with Crippen molar-refractivity contribution < 1.29 is 14.3 Å². The van der Waals surface area contributed by atoms with Crippen molar-refractivity contribution in [1.29, 1.82) is 5.26 Å². The molecule has 5 nitrogen and oxygen atoms in total. The van der Waals surface area contributed by atoms with Crippen LogP contribution in [-0.4, -0.2) is 26.2 Å². The molecule has 1 amide bonds. The summed E-state index contributed by atoms with van der Waals surface area (Å²) in [4.78, 5) is 11.3. The number of carbonyl (C=O) groups is 1. The third kappa shape index (κ3) is 7.55. The van der Waals surface area contributed by atoms with Crippen LogP contribution in [0.25, 0.3) is 0 Å². The first-order chi connectivity index (χ1) is 11.2. The molecule has 1 aromatic rings. The second-order valence-corrected chi connectivity index (χ2v) is 5.32.